The molecule has 0 radical (unpaired) electrons. The number of hydrogen-bond acceptors (Lipinski definition) is 5. The lowest BCUT2D eigenvalue weighted by Crippen LogP contribution is -2.16. The van der Waals surface area contributed by atoms with E-state index >= 15 is 0 Å². The molecular formula is C18H16ClFN4O3. The van der Waals surface area contributed by atoms with E-state index in [1.807, 2.05) is 0 Å². The largest absolute Gasteiger partial charge is 0.496 e. The topological polar surface area (TPSA) is 73.4 Å². The fraction of sp³-hybridized carbons (Fsp3) is 0.167. The second-order valence-electron chi connectivity index (χ2n) is 5.81. The third-order valence-electron chi connectivity index (χ3n) is 3.98. The van der Waals surface area contributed by atoms with Crippen LogP contribution in [0.2, 0.25) is 5.02 Å². The fourth-order valence-electron chi connectivity index (χ4n) is 2.81. The summed E-state index contributed by atoms with van der Waals surface area (Å²) in [6.45, 7) is 1.80. The number of nitro benzene ring substituents is 1. The number of halogens is 2. The van der Waals surface area contributed by atoms with Crippen LogP contribution in [0.1, 0.15) is 5.69 Å². The van der Waals surface area contributed by atoms with Crippen molar-refractivity contribution in [3.8, 4) is 5.75 Å². The highest BCUT2D eigenvalue weighted by atomic mass is 35.5. The van der Waals surface area contributed by atoms with Crippen LogP contribution in [0.4, 0.5) is 27.3 Å². The van der Waals surface area contributed by atoms with Gasteiger partial charge in [-0.15, -0.1) is 0 Å². The summed E-state index contributed by atoms with van der Waals surface area (Å²) in [5, 5.41) is 16.1. The maximum Gasteiger partial charge on any atom is 0.296 e. The van der Waals surface area contributed by atoms with Gasteiger partial charge in [0.25, 0.3) is 5.69 Å². The minimum Gasteiger partial charge on any atom is -0.496 e. The zero-order chi connectivity index (χ0) is 19.7. The van der Waals surface area contributed by atoms with E-state index in [0.717, 1.165) is 6.07 Å². The first kappa shape index (κ1) is 18.7. The molecule has 140 valence electrons. The van der Waals surface area contributed by atoms with Crippen molar-refractivity contribution in [2.24, 2.45) is 7.05 Å². The molecule has 0 spiro atoms. The summed E-state index contributed by atoms with van der Waals surface area (Å²) >= 11 is 6.27. The van der Waals surface area contributed by atoms with E-state index in [4.69, 9.17) is 16.3 Å². The van der Waals surface area contributed by atoms with Crippen LogP contribution in [0.25, 0.3) is 0 Å². The van der Waals surface area contributed by atoms with Gasteiger partial charge in [0.05, 0.1) is 34.5 Å². The van der Waals surface area contributed by atoms with E-state index in [0.29, 0.717) is 22.9 Å². The first-order valence-corrected chi connectivity index (χ1v) is 8.28. The van der Waals surface area contributed by atoms with Crippen molar-refractivity contribution in [2.75, 3.05) is 12.0 Å². The van der Waals surface area contributed by atoms with E-state index in [-0.39, 0.29) is 16.4 Å². The molecule has 0 unspecified atom stereocenters. The predicted octanol–water partition coefficient (Wildman–Crippen LogP) is 4.91. The fourth-order valence-corrected chi connectivity index (χ4v) is 3.06. The summed E-state index contributed by atoms with van der Waals surface area (Å²) < 4.78 is 20.2. The highest BCUT2D eigenvalue weighted by Crippen LogP contribution is 2.44. The number of methoxy groups -OCH3 is 1. The summed E-state index contributed by atoms with van der Waals surface area (Å²) in [4.78, 5) is 12.8. The van der Waals surface area contributed by atoms with Crippen molar-refractivity contribution in [1.29, 1.82) is 0 Å². The Morgan fingerprint density at radius 2 is 1.93 bits per heavy atom. The molecule has 2 aromatic carbocycles. The average Bonchev–Trinajstić information content (AvgIpc) is 2.95. The van der Waals surface area contributed by atoms with Gasteiger partial charge in [0.2, 0.25) is 0 Å². The molecule has 1 heterocycles. The maximum atomic E-state index is 13.6. The van der Waals surface area contributed by atoms with Gasteiger partial charge in [0, 0.05) is 13.1 Å². The summed E-state index contributed by atoms with van der Waals surface area (Å²) in [7, 11) is 3.14. The van der Waals surface area contributed by atoms with Crippen LogP contribution in [0, 0.1) is 22.9 Å². The molecular weight excluding hydrogens is 375 g/mol. The highest BCUT2D eigenvalue weighted by Gasteiger charge is 2.27. The van der Waals surface area contributed by atoms with Crippen molar-refractivity contribution in [3.63, 3.8) is 0 Å². The Hall–Kier alpha value is -3.13. The number of benzene rings is 2. The van der Waals surface area contributed by atoms with Crippen LogP contribution >= 0.6 is 11.6 Å². The lowest BCUT2D eigenvalue weighted by molar-refractivity contribution is -0.384. The van der Waals surface area contributed by atoms with Gasteiger partial charge in [-0.3, -0.25) is 19.7 Å². The van der Waals surface area contributed by atoms with Gasteiger partial charge in [-0.05, 0) is 37.3 Å². The second-order valence-corrected chi connectivity index (χ2v) is 6.22. The number of nitro groups is 1. The minimum absolute atomic E-state index is 0.110. The van der Waals surface area contributed by atoms with Gasteiger partial charge < -0.3 is 4.74 Å². The van der Waals surface area contributed by atoms with Gasteiger partial charge in [-0.2, -0.15) is 5.10 Å². The number of aromatic nitrogens is 2. The highest BCUT2D eigenvalue weighted by molar-refractivity contribution is 6.33. The lowest BCUT2D eigenvalue weighted by Gasteiger charge is -2.25. The number of ether oxygens (including phenoxy) is 1. The van der Waals surface area contributed by atoms with Gasteiger partial charge in [0.1, 0.15) is 23.1 Å². The van der Waals surface area contributed by atoms with Crippen molar-refractivity contribution >= 4 is 34.5 Å². The minimum atomic E-state index is -0.508. The van der Waals surface area contributed by atoms with Crippen molar-refractivity contribution in [1.82, 2.24) is 9.78 Å². The van der Waals surface area contributed by atoms with E-state index < -0.39 is 10.7 Å². The van der Waals surface area contributed by atoms with Gasteiger partial charge in [-0.1, -0.05) is 11.6 Å². The van der Waals surface area contributed by atoms with Crippen LogP contribution in [0.5, 0.6) is 5.75 Å². The number of rotatable bonds is 5. The third-order valence-corrected chi connectivity index (χ3v) is 4.28. The Kier molecular flexibility index (Phi) is 5.00. The SMILES string of the molecule is COc1ccc(N(c2ccc(F)cc2Cl)c2cc(C)nn2C)c([N+](=O)[O-])c1. The summed E-state index contributed by atoms with van der Waals surface area (Å²) in [5.41, 5.74) is 1.16. The summed E-state index contributed by atoms with van der Waals surface area (Å²) in [6.07, 6.45) is 0. The first-order valence-electron chi connectivity index (χ1n) is 7.90. The van der Waals surface area contributed by atoms with Crippen molar-refractivity contribution < 1.29 is 14.1 Å². The smallest absolute Gasteiger partial charge is 0.296 e. The molecule has 3 aromatic rings. The number of anilines is 3. The summed E-state index contributed by atoms with van der Waals surface area (Å²) in [5.74, 6) is 0.375. The molecule has 0 aliphatic rings. The zero-order valence-electron chi connectivity index (χ0n) is 14.8. The molecule has 0 amide bonds. The molecule has 3 rings (SSSR count). The molecule has 0 N–H and O–H groups in total. The molecule has 0 atom stereocenters. The Bertz CT molecular complexity index is 1020. The van der Waals surface area contributed by atoms with Gasteiger partial charge in [-0.25, -0.2) is 4.39 Å². The number of aryl methyl sites for hydroxylation is 2. The van der Waals surface area contributed by atoms with Gasteiger partial charge in [0.15, 0.2) is 0 Å². The number of hydrogen-bond donors (Lipinski definition) is 0. The molecule has 7 nitrogen and oxygen atoms in total. The quantitative estimate of drug-likeness (QED) is 0.457. The maximum absolute atomic E-state index is 13.6. The number of nitrogens with zero attached hydrogens (tertiary/aromatic N) is 4. The first-order chi connectivity index (χ1) is 12.8. The zero-order valence-corrected chi connectivity index (χ0v) is 15.6. The Balaban J connectivity index is 2.31. The molecule has 9 heteroatoms. The molecule has 0 bridgehead atoms. The Morgan fingerprint density at radius 1 is 1.22 bits per heavy atom. The normalized spacial score (nSPS) is 10.7. The van der Waals surface area contributed by atoms with Crippen LogP contribution in [0.15, 0.2) is 42.5 Å². The average molecular weight is 391 g/mol. The van der Waals surface area contributed by atoms with E-state index in [2.05, 4.69) is 5.10 Å². The molecule has 27 heavy (non-hydrogen) atoms. The van der Waals surface area contributed by atoms with E-state index in [1.165, 1.54) is 25.3 Å². The molecule has 1 aromatic heterocycles. The molecule has 0 saturated heterocycles. The standard InChI is InChI=1S/C18H16ClFN4O3/c1-11-8-18(22(2)21-11)23(15-6-4-12(20)9-14(15)19)16-7-5-13(27-3)10-17(16)24(25)26/h4-10H,1-3H3. The molecule has 0 aliphatic heterocycles. The molecule has 0 saturated carbocycles. The molecule has 0 aliphatic carbocycles. The third kappa shape index (κ3) is 3.56. The van der Waals surface area contributed by atoms with Crippen LogP contribution < -0.4 is 9.64 Å². The Morgan fingerprint density at radius 3 is 2.48 bits per heavy atom. The van der Waals surface area contributed by atoms with Crippen LogP contribution in [-0.2, 0) is 7.05 Å². The molecule has 0 fully saturated rings. The van der Waals surface area contributed by atoms with E-state index in [9.17, 15) is 14.5 Å². The summed E-state index contributed by atoms with van der Waals surface area (Å²) in [6, 6.07) is 10.1. The van der Waals surface area contributed by atoms with E-state index in [1.54, 1.807) is 41.8 Å². The van der Waals surface area contributed by atoms with Crippen molar-refractivity contribution in [2.45, 2.75) is 6.92 Å². The van der Waals surface area contributed by atoms with Gasteiger partial charge >= 0.3 is 0 Å². The lowest BCUT2D eigenvalue weighted by atomic mass is 10.2. The Labute approximate surface area is 159 Å². The van der Waals surface area contributed by atoms with Crippen LogP contribution in [0.3, 0.4) is 0 Å². The van der Waals surface area contributed by atoms with Crippen LogP contribution in [-0.4, -0.2) is 21.8 Å². The second kappa shape index (κ2) is 7.24. The van der Waals surface area contributed by atoms with Crippen molar-refractivity contribution in [3.05, 3.63) is 69.1 Å². The monoisotopic (exact) mass is 390 g/mol. The predicted molar refractivity (Wildman–Crippen MR) is 101 cm³/mol.